The van der Waals surface area contributed by atoms with Gasteiger partial charge < -0.3 is 5.32 Å². The lowest BCUT2D eigenvalue weighted by Gasteiger charge is -2.22. The molecule has 0 amide bonds. The Kier molecular flexibility index (Phi) is 6.24. The van der Waals surface area contributed by atoms with Crippen molar-refractivity contribution in [2.45, 2.75) is 20.0 Å². The van der Waals surface area contributed by atoms with Crippen LogP contribution in [-0.4, -0.2) is 28.6 Å². The van der Waals surface area contributed by atoms with Gasteiger partial charge in [-0.3, -0.25) is 0 Å². The highest BCUT2D eigenvalue weighted by molar-refractivity contribution is 7.80. The highest BCUT2D eigenvalue weighted by atomic mass is 35.5. The van der Waals surface area contributed by atoms with Crippen molar-refractivity contribution >= 4 is 51.9 Å². The lowest BCUT2D eigenvalue weighted by Crippen LogP contribution is -2.38. The number of anilines is 1. The number of rotatable bonds is 3. The van der Waals surface area contributed by atoms with E-state index in [1.165, 1.54) is 12.1 Å². The Labute approximate surface area is 135 Å². The minimum absolute atomic E-state index is 0.188. The Morgan fingerprint density at radius 1 is 1.29 bits per heavy atom. The molecule has 0 heterocycles. The average molecular weight is 358 g/mol. The molecule has 1 N–H and O–H groups in total. The maximum Gasteiger partial charge on any atom is 0.408 e. The van der Waals surface area contributed by atoms with E-state index >= 15 is 0 Å². The fourth-order valence-corrected chi connectivity index (χ4v) is 1.85. The molecule has 1 aromatic carbocycles. The lowest BCUT2D eigenvalue weighted by atomic mass is 10.3. The molecule has 0 aromatic heterocycles. The summed E-state index contributed by atoms with van der Waals surface area (Å²) in [6.07, 6.45) is -4.43. The van der Waals surface area contributed by atoms with Crippen LogP contribution in [0.5, 0.6) is 0 Å². The van der Waals surface area contributed by atoms with Gasteiger partial charge in [0.15, 0.2) is 5.11 Å². The van der Waals surface area contributed by atoms with Crippen LogP contribution in [0.15, 0.2) is 23.3 Å². The first-order valence-electron chi connectivity index (χ1n) is 5.70. The first-order valence-corrected chi connectivity index (χ1v) is 6.87. The zero-order chi connectivity index (χ0) is 16.2. The van der Waals surface area contributed by atoms with Crippen molar-refractivity contribution in [2.24, 2.45) is 5.10 Å². The number of alkyl halides is 3. The normalized spacial score (nSPS) is 11.0. The quantitative estimate of drug-likeness (QED) is 0.471. The van der Waals surface area contributed by atoms with Gasteiger partial charge in [-0.05, 0) is 44.3 Å². The minimum Gasteiger partial charge on any atom is -0.331 e. The van der Waals surface area contributed by atoms with Crippen LogP contribution < -0.4 is 5.32 Å². The second-order valence-electron chi connectivity index (χ2n) is 4.28. The highest BCUT2D eigenvalue weighted by Crippen LogP contribution is 2.25. The third-order valence-corrected chi connectivity index (χ3v) is 3.11. The van der Waals surface area contributed by atoms with Crippen molar-refractivity contribution < 1.29 is 13.2 Å². The van der Waals surface area contributed by atoms with Crippen molar-refractivity contribution in [1.29, 1.82) is 0 Å². The van der Waals surface area contributed by atoms with Gasteiger partial charge in [0.25, 0.3) is 0 Å². The van der Waals surface area contributed by atoms with E-state index in [4.69, 9.17) is 35.4 Å². The average Bonchev–Trinajstić information content (AvgIpc) is 2.30. The summed E-state index contributed by atoms with van der Waals surface area (Å²) in [5.74, 6) is 0. The molecule has 0 atom stereocenters. The Hall–Kier alpha value is -1.05. The summed E-state index contributed by atoms with van der Waals surface area (Å²) in [5.41, 5.74) is 0.864. The summed E-state index contributed by atoms with van der Waals surface area (Å²) in [4.78, 5) is 0. The standard InChI is InChI=1S/C12H12Cl2F3N3S/c1-7(2)19-20(6-12(15,16)17)11(21)18-8-3-4-9(13)10(14)5-8/h3-5H,6H2,1-2H3,(H,18,21). The predicted molar refractivity (Wildman–Crippen MR) is 84.2 cm³/mol. The summed E-state index contributed by atoms with van der Waals surface area (Å²) < 4.78 is 37.6. The zero-order valence-electron chi connectivity index (χ0n) is 11.1. The van der Waals surface area contributed by atoms with Crippen LogP contribution in [0, 0.1) is 0 Å². The molecule has 0 bridgehead atoms. The molecular formula is C12H12Cl2F3N3S. The van der Waals surface area contributed by atoms with E-state index in [0.29, 0.717) is 21.4 Å². The molecule has 0 saturated carbocycles. The van der Waals surface area contributed by atoms with E-state index < -0.39 is 12.7 Å². The van der Waals surface area contributed by atoms with Gasteiger partial charge in [-0.2, -0.15) is 18.3 Å². The second-order valence-corrected chi connectivity index (χ2v) is 5.48. The molecule has 0 aliphatic heterocycles. The maximum atomic E-state index is 12.5. The van der Waals surface area contributed by atoms with Crippen LogP contribution in [0.25, 0.3) is 0 Å². The van der Waals surface area contributed by atoms with E-state index in [-0.39, 0.29) is 10.1 Å². The number of nitrogens with one attached hydrogen (secondary N) is 1. The molecule has 9 heteroatoms. The molecule has 0 spiro atoms. The Morgan fingerprint density at radius 3 is 2.38 bits per heavy atom. The predicted octanol–water partition coefficient (Wildman–Crippen LogP) is 4.95. The summed E-state index contributed by atoms with van der Waals surface area (Å²) in [7, 11) is 0. The Balaban J connectivity index is 2.90. The number of halogens is 5. The van der Waals surface area contributed by atoms with Crippen LogP contribution in [0.1, 0.15) is 13.8 Å². The van der Waals surface area contributed by atoms with Gasteiger partial charge in [0, 0.05) is 11.4 Å². The molecule has 116 valence electrons. The van der Waals surface area contributed by atoms with Gasteiger partial charge in [0.05, 0.1) is 10.0 Å². The van der Waals surface area contributed by atoms with E-state index in [0.717, 1.165) is 0 Å². The third kappa shape index (κ3) is 6.50. The van der Waals surface area contributed by atoms with Crippen molar-refractivity contribution in [3.63, 3.8) is 0 Å². The number of thiocarbonyl (C=S) groups is 1. The molecule has 0 aliphatic rings. The molecule has 0 aliphatic carbocycles. The van der Waals surface area contributed by atoms with Gasteiger partial charge in [0.2, 0.25) is 0 Å². The van der Waals surface area contributed by atoms with Gasteiger partial charge in [-0.15, -0.1) is 0 Å². The van der Waals surface area contributed by atoms with E-state index in [1.807, 2.05) is 0 Å². The first kappa shape index (κ1) is 18.0. The zero-order valence-corrected chi connectivity index (χ0v) is 13.5. The van der Waals surface area contributed by atoms with Gasteiger partial charge in [-0.25, -0.2) is 5.01 Å². The van der Waals surface area contributed by atoms with Crippen LogP contribution in [0.3, 0.4) is 0 Å². The van der Waals surface area contributed by atoms with Crippen molar-refractivity contribution in [3.8, 4) is 0 Å². The highest BCUT2D eigenvalue weighted by Gasteiger charge is 2.32. The van der Waals surface area contributed by atoms with Crippen LogP contribution in [-0.2, 0) is 0 Å². The monoisotopic (exact) mass is 357 g/mol. The first-order chi connectivity index (χ1) is 9.58. The minimum atomic E-state index is -4.43. The number of benzene rings is 1. The molecule has 0 unspecified atom stereocenters. The van der Waals surface area contributed by atoms with Gasteiger partial charge >= 0.3 is 6.18 Å². The molecule has 0 radical (unpaired) electrons. The Bertz CT molecular complexity index is 557. The lowest BCUT2D eigenvalue weighted by molar-refractivity contribution is -0.137. The molecule has 1 rings (SSSR count). The SMILES string of the molecule is CC(C)=NN(CC(F)(F)F)C(=S)Nc1ccc(Cl)c(Cl)c1. The summed E-state index contributed by atoms with van der Waals surface area (Å²) in [6, 6.07) is 4.52. The fourth-order valence-electron chi connectivity index (χ4n) is 1.33. The van der Waals surface area contributed by atoms with Crippen LogP contribution >= 0.6 is 35.4 Å². The fraction of sp³-hybridized carbons (Fsp3) is 0.333. The number of hydrazone groups is 1. The maximum absolute atomic E-state index is 12.5. The number of hydrogen-bond acceptors (Lipinski definition) is 2. The van der Waals surface area contributed by atoms with Gasteiger partial charge in [-0.1, -0.05) is 23.2 Å². The molecule has 3 nitrogen and oxygen atoms in total. The van der Waals surface area contributed by atoms with Crippen molar-refractivity contribution in [2.75, 3.05) is 11.9 Å². The number of hydrogen-bond donors (Lipinski definition) is 1. The molecule has 0 saturated heterocycles. The van der Waals surface area contributed by atoms with E-state index in [1.54, 1.807) is 19.9 Å². The molecular weight excluding hydrogens is 346 g/mol. The Morgan fingerprint density at radius 2 is 1.90 bits per heavy atom. The van der Waals surface area contributed by atoms with E-state index in [9.17, 15) is 13.2 Å². The van der Waals surface area contributed by atoms with E-state index in [2.05, 4.69) is 10.4 Å². The third-order valence-electron chi connectivity index (χ3n) is 2.06. The smallest absolute Gasteiger partial charge is 0.331 e. The van der Waals surface area contributed by atoms with Crippen LogP contribution in [0.4, 0.5) is 18.9 Å². The topological polar surface area (TPSA) is 27.6 Å². The van der Waals surface area contributed by atoms with Gasteiger partial charge in [0.1, 0.15) is 6.54 Å². The molecule has 21 heavy (non-hydrogen) atoms. The molecule has 0 fully saturated rings. The van der Waals surface area contributed by atoms with Crippen molar-refractivity contribution in [3.05, 3.63) is 28.2 Å². The van der Waals surface area contributed by atoms with Crippen molar-refractivity contribution in [1.82, 2.24) is 5.01 Å². The summed E-state index contributed by atoms with van der Waals surface area (Å²) in [5, 5.41) is 7.50. The largest absolute Gasteiger partial charge is 0.408 e. The van der Waals surface area contributed by atoms with Crippen LogP contribution in [0.2, 0.25) is 10.0 Å². The molecule has 1 aromatic rings. The number of nitrogens with zero attached hydrogens (tertiary/aromatic N) is 2. The second kappa shape index (κ2) is 7.29. The summed E-state index contributed by atoms with van der Waals surface area (Å²) >= 11 is 16.5. The summed E-state index contributed by atoms with van der Waals surface area (Å²) in [6.45, 7) is 1.86.